The summed E-state index contributed by atoms with van der Waals surface area (Å²) in [6.07, 6.45) is 11.8. The summed E-state index contributed by atoms with van der Waals surface area (Å²) >= 11 is 0. The van der Waals surface area contributed by atoms with Crippen LogP contribution in [0.4, 0.5) is 5.69 Å². The van der Waals surface area contributed by atoms with Gasteiger partial charge in [-0.25, -0.2) is 0 Å². The number of nitrogens with one attached hydrogen (secondary N) is 1. The van der Waals surface area contributed by atoms with Crippen molar-refractivity contribution in [2.75, 3.05) is 5.32 Å². The summed E-state index contributed by atoms with van der Waals surface area (Å²) in [7, 11) is 0. The Morgan fingerprint density at radius 1 is 1.43 bits per heavy atom. The molecule has 1 aliphatic rings. The smallest absolute Gasteiger partial charge is 0.0403 e. The van der Waals surface area contributed by atoms with Gasteiger partial charge in [0.15, 0.2) is 0 Å². The van der Waals surface area contributed by atoms with E-state index in [-0.39, 0.29) is 0 Å². The molecule has 1 atom stereocenters. The van der Waals surface area contributed by atoms with Crippen LogP contribution in [0.3, 0.4) is 0 Å². The Balaban J connectivity index is 2.03. The molecule has 1 heterocycles. The molecule has 1 aliphatic carbocycles. The Labute approximate surface area is 85.1 Å². The fourth-order valence-corrected chi connectivity index (χ4v) is 1.78. The molecule has 0 amide bonds. The van der Waals surface area contributed by atoms with Gasteiger partial charge in [0.25, 0.3) is 0 Å². The maximum atomic E-state index is 4.08. The predicted molar refractivity (Wildman–Crippen MR) is 59.4 cm³/mol. The largest absolute Gasteiger partial charge is 0.382 e. The van der Waals surface area contributed by atoms with Gasteiger partial charge in [0, 0.05) is 24.1 Å². The van der Waals surface area contributed by atoms with Gasteiger partial charge in [-0.15, -0.1) is 0 Å². The standard InChI is InChI=1S/C12H16N2/c1-10-9-13-8-7-12(10)14-11-5-3-2-4-6-11/h2-3,7-9,11H,4-6H2,1H3,(H,13,14). The maximum absolute atomic E-state index is 4.08. The van der Waals surface area contributed by atoms with E-state index in [1.54, 1.807) is 0 Å². The minimum atomic E-state index is 0.598. The highest BCUT2D eigenvalue weighted by Gasteiger charge is 2.09. The molecule has 1 aromatic heterocycles. The first-order chi connectivity index (χ1) is 6.86. The van der Waals surface area contributed by atoms with Crippen molar-refractivity contribution in [3.8, 4) is 0 Å². The second kappa shape index (κ2) is 4.27. The molecule has 1 unspecified atom stereocenters. The molecule has 0 radical (unpaired) electrons. The van der Waals surface area contributed by atoms with Crippen molar-refractivity contribution in [2.24, 2.45) is 0 Å². The van der Waals surface area contributed by atoms with E-state index < -0.39 is 0 Å². The molecule has 2 nitrogen and oxygen atoms in total. The van der Waals surface area contributed by atoms with Crippen LogP contribution in [0.1, 0.15) is 24.8 Å². The van der Waals surface area contributed by atoms with Gasteiger partial charge in [0.1, 0.15) is 0 Å². The predicted octanol–water partition coefficient (Wildman–Crippen LogP) is 2.91. The van der Waals surface area contributed by atoms with Crippen molar-refractivity contribution < 1.29 is 0 Å². The molecule has 74 valence electrons. The minimum Gasteiger partial charge on any atom is -0.382 e. The van der Waals surface area contributed by atoms with Crippen LogP contribution in [0.2, 0.25) is 0 Å². The van der Waals surface area contributed by atoms with Crippen LogP contribution in [-0.4, -0.2) is 11.0 Å². The lowest BCUT2D eigenvalue weighted by atomic mass is 10.0. The second-order valence-corrected chi connectivity index (χ2v) is 3.82. The molecular formula is C12H16N2. The summed E-state index contributed by atoms with van der Waals surface area (Å²) in [5.74, 6) is 0. The number of nitrogens with zero attached hydrogens (tertiary/aromatic N) is 1. The lowest BCUT2D eigenvalue weighted by Gasteiger charge is -2.21. The quantitative estimate of drug-likeness (QED) is 0.722. The summed E-state index contributed by atoms with van der Waals surface area (Å²) in [6, 6.07) is 2.65. The van der Waals surface area contributed by atoms with E-state index in [2.05, 4.69) is 29.4 Å². The first-order valence-electron chi connectivity index (χ1n) is 5.18. The van der Waals surface area contributed by atoms with E-state index in [9.17, 15) is 0 Å². The molecule has 0 saturated heterocycles. The van der Waals surface area contributed by atoms with Gasteiger partial charge < -0.3 is 5.32 Å². The average molecular weight is 188 g/mol. The van der Waals surface area contributed by atoms with Gasteiger partial charge in [0.2, 0.25) is 0 Å². The third-order valence-electron chi connectivity index (χ3n) is 2.65. The van der Waals surface area contributed by atoms with Crippen molar-refractivity contribution in [1.29, 1.82) is 0 Å². The second-order valence-electron chi connectivity index (χ2n) is 3.82. The average Bonchev–Trinajstić information content (AvgIpc) is 2.23. The van der Waals surface area contributed by atoms with Gasteiger partial charge in [-0.1, -0.05) is 12.2 Å². The minimum absolute atomic E-state index is 0.598. The van der Waals surface area contributed by atoms with Crippen LogP contribution in [0.15, 0.2) is 30.6 Å². The topological polar surface area (TPSA) is 24.9 Å². The Morgan fingerprint density at radius 2 is 2.36 bits per heavy atom. The van der Waals surface area contributed by atoms with Crippen molar-refractivity contribution in [1.82, 2.24) is 4.98 Å². The number of hydrogen-bond acceptors (Lipinski definition) is 2. The van der Waals surface area contributed by atoms with E-state index in [0.29, 0.717) is 6.04 Å². The molecule has 2 rings (SSSR count). The molecule has 0 fully saturated rings. The lowest BCUT2D eigenvalue weighted by Crippen LogP contribution is -2.20. The van der Waals surface area contributed by atoms with Crippen LogP contribution in [0, 0.1) is 6.92 Å². The molecule has 1 N–H and O–H groups in total. The molecule has 0 spiro atoms. The number of aryl methyl sites for hydroxylation is 1. The van der Waals surface area contributed by atoms with Crippen molar-refractivity contribution >= 4 is 5.69 Å². The highest BCUT2D eigenvalue weighted by atomic mass is 14.9. The van der Waals surface area contributed by atoms with Gasteiger partial charge in [-0.3, -0.25) is 4.98 Å². The van der Waals surface area contributed by atoms with E-state index in [4.69, 9.17) is 0 Å². The van der Waals surface area contributed by atoms with Gasteiger partial charge in [0.05, 0.1) is 0 Å². The van der Waals surface area contributed by atoms with Crippen LogP contribution >= 0.6 is 0 Å². The Kier molecular flexibility index (Phi) is 2.82. The van der Waals surface area contributed by atoms with Crippen molar-refractivity contribution in [2.45, 2.75) is 32.2 Å². The Morgan fingerprint density at radius 3 is 3.07 bits per heavy atom. The third kappa shape index (κ3) is 2.13. The zero-order valence-electron chi connectivity index (χ0n) is 8.53. The molecule has 0 aliphatic heterocycles. The number of rotatable bonds is 2. The summed E-state index contributed by atoms with van der Waals surface area (Å²) in [5, 5.41) is 3.56. The zero-order chi connectivity index (χ0) is 9.80. The van der Waals surface area contributed by atoms with E-state index in [1.165, 1.54) is 24.1 Å². The number of pyridine rings is 1. The van der Waals surface area contributed by atoms with Crippen molar-refractivity contribution in [3.05, 3.63) is 36.2 Å². The van der Waals surface area contributed by atoms with E-state index in [0.717, 1.165) is 6.42 Å². The normalized spacial score (nSPS) is 20.8. The van der Waals surface area contributed by atoms with Crippen LogP contribution in [0.5, 0.6) is 0 Å². The fraction of sp³-hybridized carbons (Fsp3) is 0.417. The highest BCUT2D eigenvalue weighted by Crippen LogP contribution is 2.19. The maximum Gasteiger partial charge on any atom is 0.0403 e. The Bertz CT molecular complexity index is 331. The van der Waals surface area contributed by atoms with E-state index >= 15 is 0 Å². The van der Waals surface area contributed by atoms with Crippen LogP contribution in [0.25, 0.3) is 0 Å². The molecular weight excluding hydrogens is 172 g/mol. The number of hydrogen-bond donors (Lipinski definition) is 1. The van der Waals surface area contributed by atoms with Gasteiger partial charge >= 0.3 is 0 Å². The lowest BCUT2D eigenvalue weighted by molar-refractivity contribution is 0.644. The van der Waals surface area contributed by atoms with Crippen LogP contribution < -0.4 is 5.32 Å². The zero-order valence-corrected chi connectivity index (χ0v) is 8.53. The summed E-state index contributed by atoms with van der Waals surface area (Å²) < 4.78 is 0. The molecule has 2 heteroatoms. The summed E-state index contributed by atoms with van der Waals surface area (Å²) in [6.45, 7) is 2.09. The number of anilines is 1. The third-order valence-corrected chi connectivity index (χ3v) is 2.65. The first kappa shape index (κ1) is 9.25. The molecule has 0 saturated carbocycles. The van der Waals surface area contributed by atoms with Crippen molar-refractivity contribution in [3.63, 3.8) is 0 Å². The van der Waals surface area contributed by atoms with Crippen LogP contribution in [-0.2, 0) is 0 Å². The molecule has 0 aromatic carbocycles. The first-order valence-corrected chi connectivity index (χ1v) is 5.18. The molecule has 0 bridgehead atoms. The summed E-state index contributed by atoms with van der Waals surface area (Å²) in [5.41, 5.74) is 2.45. The number of allylic oxidation sites excluding steroid dienone is 1. The fourth-order valence-electron chi connectivity index (χ4n) is 1.78. The van der Waals surface area contributed by atoms with Gasteiger partial charge in [-0.2, -0.15) is 0 Å². The molecule has 1 aromatic rings. The monoisotopic (exact) mass is 188 g/mol. The Hall–Kier alpha value is -1.31. The highest BCUT2D eigenvalue weighted by molar-refractivity contribution is 5.49. The summed E-state index contributed by atoms with van der Waals surface area (Å²) in [4.78, 5) is 4.08. The van der Waals surface area contributed by atoms with E-state index in [1.807, 2.05) is 18.5 Å². The van der Waals surface area contributed by atoms with Gasteiger partial charge in [-0.05, 0) is 37.8 Å². The molecule has 14 heavy (non-hydrogen) atoms. The number of aromatic nitrogens is 1. The SMILES string of the molecule is Cc1cnccc1NC1CC=CCC1.